The van der Waals surface area contributed by atoms with Gasteiger partial charge in [0.05, 0.1) is 6.16 Å². The molecular formula is C11H18IN2OP. The molecule has 90 valence electrons. The predicted molar refractivity (Wildman–Crippen MR) is 77.8 cm³/mol. The molecule has 0 aliphatic carbocycles. The standard InChI is InChI=1S/C11H18IN2OP/c1-13(2)16(15,14(3)4)9-10-5-7-11(12)8-6-10/h5-8H,9H2,1-4H3. The van der Waals surface area contributed by atoms with E-state index in [0.29, 0.717) is 6.16 Å². The number of rotatable bonds is 4. The van der Waals surface area contributed by atoms with Crippen molar-refractivity contribution in [3.05, 3.63) is 33.4 Å². The summed E-state index contributed by atoms with van der Waals surface area (Å²) in [6.07, 6.45) is 0.587. The Kier molecular flexibility index (Phi) is 4.98. The smallest absolute Gasteiger partial charge is 0.219 e. The van der Waals surface area contributed by atoms with E-state index < -0.39 is 7.44 Å². The van der Waals surface area contributed by atoms with Crippen molar-refractivity contribution in [2.24, 2.45) is 0 Å². The van der Waals surface area contributed by atoms with E-state index in [1.165, 1.54) is 3.57 Å². The second-order valence-corrected chi connectivity index (χ2v) is 8.63. The molecule has 0 aromatic heterocycles. The fourth-order valence-electron chi connectivity index (χ4n) is 1.47. The summed E-state index contributed by atoms with van der Waals surface area (Å²) >= 11 is 2.27. The van der Waals surface area contributed by atoms with Gasteiger partial charge in [-0.25, -0.2) is 9.34 Å². The van der Waals surface area contributed by atoms with E-state index >= 15 is 0 Å². The first-order valence-electron chi connectivity index (χ1n) is 5.05. The Balaban J connectivity index is 2.93. The summed E-state index contributed by atoms with van der Waals surface area (Å²) < 4.78 is 17.6. The second-order valence-electron chi connectivity index (χ2n) is 4.14. The highest BCUT2D eigenvalue weighted by Gasteiger charge is 2.27. The highest BCUT2D eigenvalue weighted by atomic mass is 127. The van der Waals surface area contributed by atoms with Crippen LogP contribution in [0.5, 0.6) is 0 Å². The first-order chi connectivity index (χ1) is 7.36. The maximum atomic E-state index is 12.7. The van der Waals surface area contributed by atoms with Crippen molar-refractivity contribution in [3.8, 4) is 0 Å². The van der Waals surface area contributed by atoms with Gasteiger partial charge in [0.2, 0.25) is 7.44 Å². The van der Waals surface area contributed by atoms with Crippen LogP contribution in [-0.2, 0) is 10.7 Å². The SMILES string of the molecule is CN(C)P(=O)(Cc1ccc(I)cc1)N(C)C. The van der Waals surface area contributed by atoms with E-state index in [9.17, 15) is 4.57 Å². The number of hydrogen-bond acceptors (Lipinski definition) is 1. The molecule has 0 N–H and O–H groups in total. The molecule has 16 heavy (non-hydrogen) atoms. The normalized spacial score (nSPS) is 12.4. The Morgan fingerprint density at radius 3 is 1.88 bits per heavy atom. The Morgan fingerprint density at radius 2 is 1.50 bits per heavy atom. The van der Waals surface area contributed by atoms with Crippen molar-refractivity contribution < 1.29 is 4.57 Å². The van der Waals surface area contributed by atoms with Gasteiger partial charge in [-0.05, 0) is 68.5 Å². The molecule has 0 saturated carbocycles. The van der Waals surface area contributed by atoms with Gasteiger partial charge in [-0.15, -0.1) is 0 Å². The number of hydrogen-bond donors (Lipinski definition) is 0. The van der Waals surface area contributed by atoms with Crippen LogP contribution in [0.1, 0.15) is 5.56 Å². The summed E-state index contributed by atoms with van der Waals surface area (Å²) in [5.41, 5.74) is 1.12. The zero-order chi connectivity index (χ0) is 12.3. The Morgan fingerprint density at radius 1 is 1.06 bits per heavy atom. The molecule has 1 aromatic rings. The largest absolute Gasteiger partial charge is 0.288 e. The zero-order valence-corrected chi connectivity index (χ0v) is 13.2. The van der Waals surface area contributed by atoms with E-state index in [1.54, 1.807) is 0 Å². The van der Waals surface area contributed by atoms with Crippen molar-refractivity contribution >= 4 is 30.0 Å². The Labute approximate surface area is 111 Å². The van der Waals surface area contributed by atoms with E-state index in [1.807, 2.05) is 61.8 Å². The molecule has 3 nitrogen and oxygen atoms in total. The lowest BCUT2D eigenvalue weighted by molar-refractivity contribution is 0.446. The van der Waals surface area contributed by atoms with Crippen LogP contribution in [0.2, 0.25) is 0 Å². The lowest BCUT2D eigenvalue weighted by Gasteiger charge is -2.30. The summed E-state index contributed by atoms with van der Waals surface area (Å²) in [6.45, 7) is 0. The van der Waals surface area contributed by atoms with E-state index in [2.05, 4.69) is 22.6 Å². The summed E-state index contributed by atoms with van der Waals surface area (Å²) in [7, 11) is 5.04. The summed E-state index contributed by atoms with van der Waals surface area (Å²) in [5, 5.41) is 0. The van der Waals surface area contributed by atoms with Gasteiger partial charge in [-0.1, -0.05) is 12.1 Å². The maximum absolute atomic E-state index is 12.7. The van der Waals surface area contributed by atoms with Gasteiger partial charge in [-0.2, -0.15) is 0 Å². The Hall–Kier alpha value is 0.1000. The van der Waals surface area contributed by atoms with Crippen molar-refractivity contribution in [2.45, 2.75) is 6.16 Å². The minimum Gasteiger partial charge on any atom is -0.288 e. The van der Waals surface area contributed by atoms with Crippen LogP contribution in [-0.4, -0.2) is 37.5 Å². The molecule has 0 atom stereocenters. The van der Waals surface area contributed by atoms with Crippen molar-refractivity contribution in [3.63, 3.8) is 0 Å². The molecule has 0 spiro atoms. The first kappa shape index (κ1) is 14.2. The van der Waals surface area contributed by atoms with Gasteiger partial charge >= 0.3 is 0 Å². The van der Waals surface area contributed by atoms with Crippen LogP contribution in [0.4, 0.5) is 0 Å². The van der Waals surface area contributed by atoms with E-state index in [-0.39, 0.29) is 0 Å². The third-order valence-electron chi connectivity index (χ3n) is 2.55. The molecule has 0 saturated heterocycles. The van der Waals surface area contributed by atoms with E-state index in [0.717, 1.165) is 5.56 Å². The van der Waals surface area contributed by atoms with Gasteiger partial charge in [0, 0.05) is 3.57 Å². The molecule has 5 heteroatoms. The maximum Gasteiger partial charge on any atom is 0.219 e. The fourth-order valence-corrected chi connectivity index (χ4v) is 3.80. The summed E-state index contributed by atoms with van der Waals surface area (Å²) in [5.74, 6) is 0. The molecule has 0 radical (unpaired) electrons. The predicted octanol–water partition coefficient (Wildman–Crippen LogP) is 3.11. The van der Waals surface area contributed by atoms with Gasteiger partial charge in [0.25, 0.3) is 0 Å². The lowest BCUT2D eigenvalue weighted by Crippen LogP contribution is -2.22. The lowest BCUT2D eigenvalue weighted by atomic mass is 10.2. The molecular weight excluding hydrogens is 334 g/mol. The topological polar surface area (TPSA) is 23.6 Å². The quantitative estimate of drug-likeness (QED) is 0.615. The van der Waals surface area contributed by atoms with Crippen LogP contribution >= 0.6 is 30.0 Å². The van der Waals surface area contributed by atoms with Gasteiger partial charge in [-0.3, -0.25) is 4.57 Å². The highest BCUT2D eigenvalue weighted by Crippen LogP contribution is 2.52. The second kappa shape index (κ2) is 5.63. The zero-order valence-electron chi connectivity index (χ0n) is 10.1. The number of benzene rings is 1. The van der Waals surface area contributed by atoms with Crippen molar-refractivity contribution in [2.75, 3.05) is 28.2 Å². The van der Waals surface area contributed by atoms with Crippen LogP contribution < -0.4 is 0 Å². The fraction of sp³-hybridized carbons (Fsp3) is 0.455. The summed E-state index contributed by atoms with van der Waals surface area (Å²) in [4.78, 5) is 0. The molecule has 1 aromatic carbocycles. The van der Waals surface area contributed by atoms with Crippen LogP contribution in [0, 0.1) is 3.57 Å². The van der Waals surface area contributed by atoms with Crippen LogP contribution in [0.3, 0.4) is 0 Å². The molecule has 0 aliphatic heterocycles. The molecule has 0 bridgehead atoms. The molecule has 0 heterocycles. The van der Waals surface area contributed by atoms with Gasteiger partial charge < -0.3 is 0 Å². The molecule has 0 amide bonds. The average molecular weight is 352 g/mol. The van der Waals surface area contributed by atoms with Crippen molar-refractivity contribution in [1.29, 1.82) is 0 Å². The Bertz CT molecular complexity index is 377. The number of halogens is 1. The minimum absolute atomic E-state index is 0.587. The number of nitrogens with zero attached hydrogens (tertiary/aromatic N) is 2. The monoisotopic (exact) mass is 352 g/mol. The molecule has 0 unspecified atom stereocenters. The van der Waals surface area contributed by atoms with Crippen LogP contribution in [0.15, 0.2) is 24.3 Å². The van der Waals surface area contributed by atoms with E-state index in [4.69, 9.17) is 0 Å². The van der Waals surface area contributed by atoms with Crippen LogP contribution in [0.25, 0.3) is 0 Å². The molecule has 0 aliphatic rings. The molecule has 1 rings (SSSR count). The average Bonchev–Trinajstić information content (AvgIpc) is 2.20. The summed E-state index contributed by atoms with van der Waals surface area (Å²) in [6, 6.07) is 8.18. The first-order valence-corrected chi connectivity index (χ1v) is 7.93. The van der Waals surface area contributed by atoms with Gasteiger partial charge in [0.1, 0.15) is 0 Å². The molecule has 0 fully saturated rings. The third-order valence-corrected chi connectivity index (χ3v) is 6.55. The highest BCUT2D eigenvalue weighted by molar-refractivity contribution is 14.1. The van der Waals surface area contributed by atoms with Gasteiger partial charge in [0.15, 0.2) is 0 Å². The minimum atomic E-state index is -2.44. The third kappa shape index (κ3) is 3.29. The van der Waals surface area contributed by atoms with Crippen molar-refractivity contribution in [1.82, 2.24) is 9.34 Å².